The zero-order valence-corrected chi connectivity index (χ0v) is 2.23. The third kappa shape index (κ3) is 0.430. The molecule has 0 spiro atoms. The molecule has 0 aliphatic heterocycles. The van der Waals surface area contributed by atoms with Gasteiger partial charge in [0.2, 0.25) is 0 Å². The normalized spacial score (nSPS) is 3.00. The van der Waals surface area contributed by atoms with Crippen LogP contribution in [0.4, 0.5) is 0 Å². The maximum absolute atomic E-state index is 5.61. The molecular weight excluding hydrogens is 56.0 g/mol. The second-order valence-electron chi connectivity index (χ2n) is 0.129. The van der Waals surface area contributed by atoms with Crippen LogP contribution < -0.4 is 12.0 Å². The van der Waals surface area contributed by atoms with Gasteiger partial charge in [0.05, 0.1) is 0 Å². The van der Waals surface area contributed by atoms with Crippen molar-refractivity contribution < 1.29 is 0 Å². The largest absolute Gasteiger partial charge is 0.344 e. The van der Waals surface area contributed by atoms with Gasteiger partial charge in [0.25, 0.3) is 0 Å². The monoisotopic (exact) mass is 62.1 g/mol. The Kier molecular flexibility index (Phi) is 85.2. The van der Waals surface area contributed by atoms with Crippen molar-refractivity contribution in [2.24, 2.45) is 11.1 Å². The minimum absolute atomic E-state index is 0. The third-order valence-corrected chi connectivity index (χ3v) is 0. The maximum Gasteiger partial charge on any atom is -0.0856 e. The Hall–Kier alpha value is -0.640. The van der Waals surface area contributed by atoms with Gasteiger partial charge < -0.3 is 12.0 Å². The molecule has 0 aromatic heterocycles. The summed E-state index contributed by atoms with van der Waals surface area (Å²) >= 11 is 0. The van der Waals surface area contributed by atoms with Crippen molar-refractivity contribution >= 4 is 0 Å². The molecule has 0 heterocycles. The van der Waals surface area contributed by atoms with Crippen LogP contribution in [0.5, 0.6) is 0 Å². The first-order chi connectivity index (χ1) is 1.41. The molecule has 0 saturated heterocycles. The summed E-state index contributed by atoms with van der Waals surface area (Å²) in [5.74, 6) is 4.14. The Labute approximate surface area is 24.1 Å². The Morgan fingerprint density at radius 1 is 1.75 bits per heavy atom. The molecule has 0 aliphatic carbocycles. The SMILES string of the molecule is N.N=NN. The lowest BCUT2D eigenvalue weighted by molar-refractivity contribution is 0.991. The topological polar surface area (TPSA) is 97.2 Å². The Morgan fingerprint density at radius 2 is 1.75 bits per heavy atom. The summed E-state index contributed by atoms with van der Waals surface area (Å²) in [6.45, 7) is 0. The van der Waals surface area contributed by atoms with Gasteiger partial charge in [-0.2, -0.15) is 5.53 Å². The van der Waals surface area contributed by atoms with Crippen molar-refractivity contribution in [1.82, 2.24) is 6.15 Å². The van der Waals surface area contributed by atoms with Crippen molar-refractivity contribution in [2.45, 2.75) is 0 Å². The fourth-order valence-electron chi connectivity index (χ4n) is 0. The number of hydrogen-bond donors (Lipinski definition) is 3. The van der Waals surface area contributed by atoms with Crippen LogP contribution in [0, 0.1) is 5.53 Å². The summed E-state index contributed by atoms with van der Waals surface area (Å²) in [5, 5.41) is 2.25. The number of nitrogens with one attached hydrogen (secondary N) is 1. The highest BCUT2D eigenvalue weighted by Gasteiger charge is 1.05. The maximum atomic E-state index is 5.61. The van der Waals surface area contributed by atoms with Gasteiger partial charge in [-0.1, -0.05) is 5.22 Å². The third-order valence-electron chi connectivity index (χ3n) is 0. The molecule has 0 rings (SSSR count). The highest BCUT2D eigenvalue weighted by Crippen LogP contribution is 1.13. The zero-order chi connectivity index (χ0) is 2.71. The standard InChI is InChI=1S/H3N3.H3N/c1-3-2;/h(H3,1,2);1H3. The van der Waals surface area contributed by atoms with E-state index < -0.39 is 0 Å². The Bertz CT molecular complexity index is 7.51. The van der Waals surface area contributed by atoms with Crippen molar-refractivity contribution in [3.8, 4) is 0 Å². The van der Waals surface area contributed by atoms with E-state index in [-0.39, 0.29) is 6.15 Å². The fraction of sp³-hybridized carbons (Fsp3) is 0. The fourth-order valence-corrected chi connectivity index (χ4v) is 0. The molecule has 4 heavy (non-hydrogen) atoms. The first-order valence-corrected chi connectivity index (χ1v) is 0.482. The van der Waals surface area contributed by atoms with Gasteiger partial charge in [-0.05, 0) is 0 Å². The van der Waals surface area contributed by atoms with Crippen molar-refractivity contribution in [3.05, 3.63) is 0 Å². The lowest BCUT2D eigenvalue weighted by atomic mass is 12.8. The van der Waals surface area contributed by atoms with Crippen LogP contribution in [0.25, 0.3) is 0 Å². The minimum atomic E-state index is 0. The molecule has 6 N–H and O–H groups in total. The molecule has 26 valence electrons. The summed E-state index contributed by atoms with van der Waals surface area (Å²) < 4.78 is 0. The average Bonchev–Trinajstić information content (AvgIpc) is 0.918. The Morgan fingerprint density at radius 3 is 1.75 bits per heavy atom. The molecule has 0 aliphatic rings. The van der Waals surface area contributed by atoms with E-state index in [9.17, 15) is 0 Å². The predicted molar refractivity (Wildman–Crippen MR) is 14.4 cm³/mol. The van der Waals surface area contributed by atoms with Gasteiger partial charge in [-0.15, -0.1) is 0 Å². The van der Waals surface area contributed by atoms with Gasteiger partial charge in [0.1, 0.15) is 0 Å². The number of rotatable bonds is 0. The minimum Gasteiger partial charge on any atom is -0.344 e. The zero-order valence-electron chi connectivity index (χ0n) is 2.23. The summed E-state index contributed by atoms with van der Waals surface area (Å²) in [7, 11) is 0. The van der Waals surface area contributed by atoms with Gasteiger partial charge in [0.15, 0.2) is 0 Å². The molecule has 0 saturated carbocycles. The summed E-state index contributed by atoms with van der Waals surface area (Å²) in [4.78, 5) is 0. The van der Waals surface area contributed by atoms with Crippen LogP contribution >= 0.6 is 0 Å². The molecule has 0 fully saturated rings. The molecule has 4 nitrogen and oxygen atoms in total. The van der Waals surface area contributed by atoms with Crippen molar-refractivity contribution in [3.63, 3.8) is 0 Å². The molecule has 0 radical (unpaired) electrons. The second kappa shape index (κ2) is 33.7. The molecule has 0 aromatic carbocycles. The molecule has 0 atom stereocenters. The lowest BCUT2D eigenvalue weighted by Crippen LogP contribution is -1.66. The Balaban J connectivity index is 0. The highest BCUT2D eigenvalue weighted by atomic mass is 15.2. The van der Waals surface area contributed by atoms with E-state index in [2.05, 4.69) is 11.1 Å². The van der Waals surface area contributed by atoms with Crippen LogP contribution in [-0.2, 0) is 0 Å². The molecule has 0 amide bonds. The average molecular weight is 62.1 g/mol. The lowest BCUT2D eigenvalue weighted by Gasteiger charge is -1.40. The highest BCUT2D eigenvalue weighted by molar-refractivity contribution is 3.51. The molecule has 0 aromatic rings. The van der Waals surface area contributed by atoms with Crippen molar-refractivity contribution in [1.29, 1.82) is 5.53 Å². The van der Waals surface area contributed by atoms with Gasteiger partial charge in [0, 0.05) is 0 Å². The van der Waals surface area contributed by atoms with Gasteiger partial charge >= 0.3 is 0 Å². The number of nitrogens with two attached hydrogens (primary N) is 1. The van der Waals surface area contributed by atoms with Gasteiger partial charge in [-0.3, -0.25) is 0 Å². The first-order valence-electron chi connectivity index (χ1n) is 0.482. The van der Waals surface area contributed by atoms with Crippen LogP contribution in [0.15, 0.2) is 5.22 Å². The number of hydrogen-bond acceptors (Lipinski definition) is 3. The molecule has 0 unspecified atom stereocenters. The molecule has 0 bridgehead atoms. The second-order valence-corrected chi connectivity index (χ2v) is 0.129. The van der Waals surface area contributed by atoms with Gasteiger partial charge in [-0.25, -0.2) is 0 Å². The van der Waals surface area contributed by atoms with E-state index in [0.29, 0.717) is 0 Å². The quantitative estimate of drug-likeness (QED) is 0.210. The van der Waals surface area contributed by atoms with E-state index in [1.54, 1.807) is 0 Å². The molecular formula is H6N4. The van der Waals surface area contributed by atoms with E-state index >= 15 is 0 Å². The van der Waals surface area contributed by atoms with Crippen LogP contribution in [0.2, 0.25) is 0 Å². The molecule has 4 heteroatoms. The first kappa shape index (κ1) is 10.1. The number of nitrogens with zero attached hydrogens (tertiary/aromatic N) is 1. The summed E-state index contributed by atoms with van der Waals surface area (Å²) in [6, 6.07) is 0. The van der Waals surface area contributed by atoms with Crippen molar-refractivity contribution in [2.75, 3.05) is 0 Å². The van der Waals surface area contributed by atoms with E-state index in [0.717, 1.165) is 0 Å². The summed E-state index contributed by atoms with van der Waals surface area (Å²) in [5.41, 5.74) is 5.61. The van der Waals surface area contributed by atoms with E-state index in [1.165, 1.54) is 0 Å². The smallest absolute Gasteiger partial charge is 0.0856 e. The predicted octanol–water partition coefficient (Wildman–Crippen LogP) is 0.0531. The van der Waals surface area contributed by atoms with E-state index in [4.69, 9.17) is 5.53 Å². The van der Waals surface area contributed by atoms with Crippen LogP contribution in [0.1, 0.15) is 0 Å². The van der Waals surface area contributed by atoms with Crippen LogP contribution in [-0.4, -0.2) is 0 Å². The summed E-state index contributed by atoms with van der Waals surface area (Å²) in [6.07, 6.45) is 0. The van der Waals surface area contributed by atoms with Crippen LogP contribution in [0.3, 0.4) is 0 Å². The van der Waals surface area contributed by atoms with E-state index in [1.807, 2.05) is 0 Å².